The summed E-state index contributed by atoms with van der Waals surface area (Å²) in [4.78, 5) is 8.10. The molecule has 4 N–H and O–H groups in total. The fourth-order valence-electron chi connectivity index (χ4n) is 1.55. The maximum atomic E-state index is 5.52. The highest BCUT2D eigenvalue weighted by atomic mass is 16.5. The van der Waals surface area contributed by atoms with Crippen LogP contribution in [0.4, 0.5) is 6.01 Å². The molecule has 2 aromatic heterocycles. The lowest BCUT2D eigenvalue weighted by atomic mass is 10.0. The van der Waals surface area contributed by atoms with Gasteiger partial charge in [0.25, 0.3) is 0 Å². The van der Waals surface area contributed by atoms with E-state index >= 15 is 0 Å². The second-order valence-corrected chi connectivity index (χ2v) is 3.47. The van der Waals surface area contributed by atoms with Crippen molar-refractivity contribution in [3.63, 3.8) is 0 Å². The van der Waals surface area contributed by atoms with Crippen molar-refractivity contribution in [2.75, 3.05) is 12.3 Å². The minimum absolute atomic E-state index is 0.0543. The average Bonchev–Trinajstić information content (AvgIpc) is 2.68. The van der Waals surface area contributed by atoms with Crippen LogP contribution >= 0.6 is 0 Å². The first-order valence-corrected chi connectivity index (χ1v) is 4.95. The van der Waals surface area contributed by atoms with Gasteiger partial charge in [0.05, 0.1) is 0 Å². The van der Waals surface area contributed by atoms with Gasteiger partial charge < -0.3 is 16.0 Å². The van der Waals surface area contributed by atoms with Crippen LogP contribution in [-0.2, 0) is 6.42 Å². The van der Waals surface area contributed by atoms with Crippen molar-refractivity contribution >= 4 is 6.01 Å². The normalized spacial score (nSPS) is 10.6. The zero-order valence-electron chi connectivity index (χ0n) is 8.97. The molecule has 2 rings (SSSR count). The van der Waals surface area contributed by atoms with Gasteiger partial charge in [-0.05, 0) is 31.0 Å². The van der Waals surface area contributed by atoms with E-state index in [0.717, 1.165) is 23.1 Å². The van der Waals surface area contributed by atoms with Gasteiger partial charge in [0.1, 0.15) is 0 Å². The van der Waals surface area contributed by atoms with Gasteiger partial charge in [0.15, 0.2) is 0 Å². The van der Waals surface area contributed by atoms with E-state index in [-0.39, 0.29) is 6.01 Å². The smallest absolute Gasteiger partial charge is 0.319 e. The Balaban J connectivity index is 2.45. The fraction of sp³-hybridized carbons (Fsp3) is 0.300. The van der Waals surface area contributed by atoms with Crippen LogP contribution in [0.5, 0.6) is 0 Å². The molecule has 84 valence electrons. The predicted octanol–water partition coefficient (Wildman–Crippen LogP) is 0.523. The number of nitrogen functional groups attached to an aromatic ring is 1. The average molecular weight is 219 g/mol. The van der Waals surface area contributed by atoms with E-state index in [1.165, 1.54) is 0 Å². The molecule has 0 spiro atoms. The Labute approximate surface area is 92.7 Å². The van der Waals surface area contributed by atoms with Gasteiger partial charge in [0.2, 0.25) is 5.82 Å². The number of nitrogens with two attached hydrogens (primary N) is 2. The molecule has 0 aliphatic carbocycles. The molecule has 6 heteroatoms. The van der Waals surface area contributed by atoms with Crippen LogP contribution in [0.3, 0.4) is 0 Å². The maximum Gasteiger partial charge on any atom is 0.319 e. The van der Waals surface area contributed by atoms with Crippen LogP contribution in [0.25, 0.3) is 11.4 Å². The van der Waals surface area contributed by atoms with Gasteiger partial charge in [0, 0.05) is 18.0 Å². The Hall–Kier alpha value is -1.95. The molecular formula is C10H13N5O. The third-order valence-electron chi connectivity index (χ3n) is 2.42. The van der Waals surface area contributed by atoms with E-state index in [4.69, 9.17) is 16.0 Å². The Morgan fingerprint density at radius 2 is 2.19 bits per heavy atom. The Morgan fingerprint density at radius 1 is 1.38 bits per heavy atom. The van der Waals surface area contributed by atoms with Crippen LogP contribution in [-0.4, -0.2) is 21.7 Å². The largest absolute Gasteiger partial charge is 0.351 e. The molecule has 0 unspecified atom stereocenters. The molecule has 0 aliphatic rings. The van der Waals surface area contributed by atoms with Crippen LogP contribution < -0.4 is 11.5 Å². The Kier molecular flexibility index (Phi) is 2.82. The monoisotopic (exact) mass is 219 g/mol. The summed E-state index contributed by atoms with van der Waals surface area (Å²) in [6.45, 7) is 2.56. The molecule has 0 saturated heterocycles. The van der Waals surface area contributed by atoms with E-state index < -0.39 is 0 Å². The Bertz CT molecular complexity index is 494. The minimum Gasteiger partial charge on any atom is -0.351 e. The van der Waals surface area contributed by atoms with Crippen molar-refractivity contribution in [2.24, 2.45) is 5.73 Å². The Morgan fingerprint density at radius 3 is 2.81 bits per heavy atom. The van der Waals surface area contributed by atoms with Crippen LogP contribution in [0, 0.1) is 6.92 Å². The summed E-state index contributed by atoms with van der Waals surface area (Å²) < 4.78 is 4.74. The van der Waals surface area contributed by atoms with Crippen LogP contribution in [0.15, 0.2) is 16.9 Å². The molecule has 0 aromatic carbocycles. The highest BCUT2D eigenvalue weighted by Gasteiger charge is 2.11. The highest BCUT2D eigenvalue weighted by Crippen LogP contribution is 2.22. The molecule has 0 bridgehead atoms. The molecule has 2 aromatic rings. The van der Waals surface area contributed by atoms with Gasteiger partial charge >= 0.3 is 6.01 Å². The van der Waals surface area contributed by atoms with E-state index in [1.54, 1.807) is 12.4 Å². The van der Waals surface area contributed by atoms with Crippen LogP contribution in [0.2, 0.25) is 0 Å². The maximum absolute atomic E-state index is 5.52. The molecule has 0 aliphatic heterocycles. The summed E-state index contributed by atoms with van der Waals surface area (Å²) in [6.07, 6.45) is 4.27. The molecular weight excluding hydrogens is 206 g/mol. The number of aromatic nitrogens is 3. The van der Waals surface area contributed by atoms with Gasteiger partial charge in [-0.3, -0.25) is 4.98 Å². The summed E-state index contributed by atoms with van der Waals surface area (Å²) in [5.41, 5.74) is 13.9. The molecule has 6 nitrogen and oxygen atoms in total. The number of anilines is 1. The number of hydrogen-bond acceptors (Lipinski definition) is 6. The zero-order chi connectivity index (χ0) is 11.5. The molecule has 0 amide bonds. The van der Waals surface area contributed by atoms with Crippen molar-refractivity contribution in [1.82, 2.24) is 15.1 Å². The highest BCUT2D eigenvalue weighted by molar-refractivity contribution is 5.60. The van der Waals surface area contributed by atoms with Crippen molar-refractivity contribution in [2.45, 2.75) is 13.3 Å². The standard InChI is InChI=1S/C10H13N5O/c1-6-7(2-3-11)4-13-5-8(6)9-14-10(12)16-15-9/h4-5H,2-3,11H2,1H3,(H2,12,14,15). The number of nitrogens with zero attached hydrogens (tertiary/aromatic N) is 3. The predicted molar refractivity (Wildman–Crippen MR) is 59.4 cm³/mol. The molecule has 16 heavy (non-hydrogen) atoms. The van der Waals surface area contributed by atoms with Gasteiger partial charge in [-0.2, -0.15) is 4.98 Å². The second kappa shape index (κ2) is 4.28. The number of pyridine rings is 1. The van der Waals surface area contributed by atoms with Crippen molar-refractivity contribution in [1.29, 1.82) is 0 Å². The van der Waals surface area contributed by atoms with Crippen molar-refractivity contribution < 1.29 is 4.52 Å². The number of hydrogen-bond donors (Lipinski definition) is 2. The molecule has 0 saturated carbocycles. The summed E-state index contributed by atoms with van der Waals surface area (Å²) in [5, 5.41) is 3.77. The first kappa shape index (κ1) is 10.6. The van der Waals surface area contributed by atoms with Gasteiger partial charge in [-0.1, -0.05) is 5.16 Å². The molecule has 0 fully saturated rings. The summed E-state index contributed by atoms with van der Waals surface area (Å²) >= 11 is 0. The molecule has 2 heterocycles. The first-order chi connectivity index (χ1) is 7.72. The van der Waals surface area contributed by atoms with Crippen molar-refractivity contribution in [3.8, 4) is 11.4 Å². The summed E-state index contributed by atoms with van der Waals surface area (Å²) in [6, 6.07) is 0.0543. The zero-order valence-corrected chi connectivity index (χ0v) is 8.97. The minimum atomic E-state index is 0.0543. The van der Waals surface area contributed by atoms with E-state index in [1.807, 2.05) is 6.92 Å². The SMILES string of the molecule is Cc1c(CCN)cncc1-c1noc(N)n1. The third-order valence-corrected chi connectivity index (χ3v) is 2.42. The van der Waals surface area contributed by atoms with E-state index in [2.05, 4.69) is 15.1 Å². The first-order valence-electron chi connectivity index (χ1n) is 4.95. The summed E-state index contributed by atoms with van der Waals surface area (Å²) in [5.74, 6) is 0.460. The van der Waals surface area contributed by atoms with Crippen molar-refractivity contribution in [3.05, 3.63) is 23.5 Å². The topological polar surface area (TPSA) is 104 Å². The van der Waals surface area contributed by atoms with Gasteiger partial charge in [-0.15, -0.1) is 0 Å². The number of rotatable bonds is 3. The van der Waals surface area contributed by atoms with Gasteiger partial charge in [-0.25, -0.2) is 0 Å². The lowest BCUT2D eigenvalue weighted by molar-refractivity contribution is 0.437. The lowest BCUT2D eigenvalue weighted by Crippen LogP contribution is -2.05. The quantitative estimate of drug-likeness (QED) is 0.780. The third kappa shape index (κ3) is 1.87. The van der Waals surface area contributed by atoms with E-state index in [9.17, 15) is 0 Å². The molecule has 0 atom stereocenters. The van der Waals surface area contributed by atoms with Crippen LogP contribution in [0.1, 0.15) is 11.1 Å². The molecule has 0 radical (unpaired) electrons. The second-order valence-electron chi connectivity index (χ2n) is 3.47. The van der Waals surface area contributed by atoms with E-state index in [0.29, 0.717) is 12.4 Å². The summed E-state index contributed by atoms with van der Waals surface area (Å²) in [7, 11) is 0. The lowest BCUT2D eigenvalue weighted by Gasteiger charge is -2.06. The fourth-order valence-corrected chi connectivity index (χ4v) is 1.55.